The number of hydrogen-bond acceptors (Lipinski definition) is 3. The zero-order valence-corrected chi connectivity index (χ0v) is 8.85. The highest BCUT2D eigenvalue weighted by Gasteiger charge is 2.06. The number of amides is 1. The summed E-state index contributed by atoms with van der Waals surface area (Å²) >= 11 is 0. The van der Waals surface area contributed by atoms with E-state index in [9.17, 15) is 9.18 Å². The van der Waals surface area contributed by atoms with Gasteiger partial charge in [-0.2, -0.15) is 4.39 Å². The molecule has 0 bridgehead atoms. The van der Waals surface area contributed by atoms with E-state index in [0.29, 0.717) is 11.4 Å². The van der Waals surface area contributed by atoms with E-state index in [2.05, 4.69) is 10.3 Å². The van der Waals surface area contributed by atoms with Gasteiger partial charge in [0.05, 0.1) is 5.56 Å². The number of carbonyl (C=O) groups is 1. The van der Waals surface area contributed by atoms with Gasteiger partial charge in [-0.05, 0) is 30.3 Å². The minimum absolute atomic E-state index is 0.286. The summed E-state index contributed by atoms with van der Waals surface area (Å²) in [6, 6.07) is 9.29. The molecule has 5 heteroatoms. The molecule has 17 heavy (non-hydrogen) atoms. The first-order valence-electron chi connectivity index (χ1n) is 4.93. The molecule has 86 valence electrons. The molecule has 0 aliphatic carbocycles. The molecule has 0 aliphatic heterocycles. The van der Waals surface area contributed by atoms with E-state index in [1.807, 2.05) is 0 Å². The first kappa shape index (κ1) is 11.1. The van der Waals surface area contributed by atoms with E-state index in [1.165, 1.54) is 12.3 Å². The number of pyridine rings is 1. The molecule has 0 radical (unpaired) electrons. The molecular weight excluding hydrogens is 221 g/mol. The van der Waals surface area contributed by atoms with Gasteiger partial charge in [0.1, 0.15) is 0 Å². The Hall–Kier alpha value is -2.43. The molecule has 0 saturated heterocycles. The van der Waals surface area contributed by atoms with Gasteiger partial charge >= 0.3 is 0 Å². The normalized spacial score (nSPS) is 9.94. The number of nitrogens with one attached hydrogen (secondary N) is 1. The van der Waals surface area contributed by atoms with Crippen LogP contribution in [0.25, 0.3) is 0 Å². The maximum atomic E-state index is 12.6. The number of aromatic nitrogens is 1. The molecule has 0 unspecified atom stereocenters. The maximum Gasteiger partial charge on any atom is 0.257 e. The first-order valence-corrected chi connectivity index (χ1v) is 4.93. The summed E-state index contributed by atoms with van der Waals surface area (Å²) in [5.74, 6) is -0.978. The number of nitrogens with zero attached hydrogens (tertiary/aromatic N) is 1. The molecule has 4 nitrogen and oxygen atoms in total. The average molecular weight is 231 g/mol. The molecule has 0 spiro atoms. The number of halogens is 1. The minimum Gasteiger partial charge on any atom is -0.399 e. The number of benzene rings is 1. The van der Waals surface area contributed by atoms with Crippen LogP contribution in [0.5, 0.6) is 0 Å². The molecule has 1 heterocycles. The van der Waals surface area contributed by atoms with Crippen LogP contribution in [-0.2, 0) is 0 Å². The van der Waals surface area contributed by atoms with Gasteiger partial charge in [0.2, 0.25) is 5.95 Å². The van der Waals surface area contributed by atoms with Crippen molar-refractivity contribution in [2.24, 2.45) is 0 Å². The number of nitrogen functional groups attached to an aromatic ring is 1. The van der Waals surface area contributed by atoms with Crippen molar-refractivity contribution in [3.05, 3.63) is 54.1 Å². The van der Waals surface area contributed by atoms with Crippen molar-refractivity contribution in [2.75, 3.05) is 11.1 Å². The Balaban J connectivity index is 2.14. The Kier molecular flexibility index (Phi) is 3.00. The molecule has 0 fully saturated rings. The smallest absolute Gasteiger partial charge is 0.257 e. The van der Waals surface area contributed by atoms with Crippen LogP contribution < -0.4 is 11.1 Å². The molecule has 2 aromatic rings. The second kappa shape index (κ2) is 4.61. The average Bonchev–Trinajstić information content (AvgIpc) is 2.29. The van der Waals surface area contributed by atoms with Crippen LogP contribution in [0.2, 0.25) is 0 Å². The third-order valence-corrected chi connectivity index (χ3v) is 2.13. The van der Waals surface area contributed by atoms with Crippen molar-refractivity contribution in [3.63, 3.8) is 0 Å². The molecule has 1 amide bonds. The topological polar surface area (TPSA) is 68.0 Å². The maximum absolute atomic E-state index is 12.6. The second-order valence-corrected chi connectivity index (χ2v) is 3.45. The van der Waals surface area contributed by atoms with Crippen LogP contribution in [0.4, 0.5) is 15.8 Å². The van der Waals surface area contributed by atoms with Crippen LogP contribution in [0, 0.1) is 5.95 Å². The molecule has 0 saturated carbocycles. The van der Waals surface area contributed by atoms with Gasteiger partial charge in [-0.1, -0.05) is 6.07 Å². The van der Waals surface area contributed by atoms with Crippen molar-refractivity contribution >= 4 is 17.3 Å². The lowest BCUT2D eigenvalue weighted by Crippen LogP contribution is -2.12. The summed E-state index contributed by atoms with van der Waals surface area (Å²) < 4.78 is 12.6. The lowest BCUT2D eigenvalue weighted by molar-refractivity contribution is 0.102. The predicted molar refractivity (Wildman–Crippen MR) is 63.0 cm³/mol. The highest BCUT2D eigenvalue weighted by Crippen LogP contribution is 2.13. The zero-order chi connectivity index (χ0) is 12.3. The monoisotopic (exact) mass is 231 g/mol. The van der Waals surface area contributed by atoms with Crippen molar-refractivity contribution in [1.82, 2.24) is 4.98 Å². The van der Waals surface area contributed by atoms with Crippen molar-refractivity contribution < 1.29 is 9.18 Å². The molecule has 1 aromatic carbocycles. The van der Waals surface area contributed by atoms with Gasteiger partial charge < -0.3 is 11.1 Å². The Morgan fingerprint density at radius 2 is 2.12 bits per heavy atom. The largest absolute Gasteiger partial charge is 0.399 e. The number of nitrogens with two attached hydrogens (primary N) is 1. The van der Waals surface area contributed by atoms with Crippen LogP contribution in [0.15, 0.2) is 42.6 Å². The van der Waals surface area contributed by atoms with E-state index in [4.69, 9.17) is 5.73 Å². The van der Waals surface area contributed by atoms with E-state index in [0.717, 1.165) is 6.07 Å². The summed E-state index contributed by atoms with van der Waals surface area (Å²) in [6.45, 7) is 0. The quantitative estimate of drug-likeness (QED) is 0.614. The van der Waals surface area contributed by atoms with Crippen molar-refractivity contribution in [3.8, 4) is 0 Å². The lowest BCUT2D eigenvalue weighted by atomic mass is 10.2. The second-order valence-electron chi connectivity index (χ2n) is 3.45. The molecule has 2 rings (SSSR count). The molecule has 0 aliphatic rings. The van der Waals surface area contributed by atoms with Crippen LogP contribution in [0.3, 0.4) is 0 Å². The summed E-state index contributed by atoms with van der Waals surface area (Å²) in [5, 5.41) is 2.64. The SMILES string of the molecule is Nc1cccc(NC(=O)c2ccc(F)nc2)c1. The Morgan fingerprint density at radius 3 is 2.76 bits per heavy atom. The Bertz CT molecular complexity index is 540. The summed E-state index contributed by atoms with van der Waals surface area (Å²) in [5.41, 5.74) is 7.00. The van der Waals surface area contributed by atoms with Crippen LogP contribution in [-0.4, -0.2) is 10.9 Å². The van der Waals surface area contributed by atoms with Gasteiger partial charge in [0.15, 0.2) is 0 Å². The minimum atomic E-state index is -0.620. The van der Waals surface area contributed by atoms with Gasteiger partial charge in [-0.25, -0.2) is 4.98 Å². The van der Waals surface area contributed by atoms with E-state index < -0.39 is 5.95 Å². The number of hydrogen-bond donors (Lipinski definition) is 2. The van der Waals surface area contributed by atoms with Crippen molar-refractivity contribution in [1.29, 1.82) is 0 Å². The standard InChI is InChI=1S/C12H10FN3O/c13-11-5-4-8(7-15-11)12(17)16-10-3-1-2-9(14)6-10/h1-7H,14H2,(H,16,17). The molecular formula is C12H10FN3O. The van der Waals surface area contributed by atoms with Gasteiger partial charge in [-0.3, -0.25) is 4.79 Å². The van der Waals surface area contributed by atoms with E-state index >= 15 is 0 Å². The summed E-state index contributed by atoms with van der Waals surface area (Å²) in [7, 11) is 0. The van der Waals surface area contributed by atoms with Crippen LogP contribution in [0.1, 0.15) is 10.4 Å². The fourth-order valence-electron chi connectivity index (χ4n) is 1.33. The van der Waals surface area contributed by atoms with Gasteiger partial charge in [0.25, 0.3) is 5.91 Å². The third kappa shape index (κ3) is 2.78. The fourth-order valence-corrected chi connectivity index (χ4v) is 1.33. The first-order chi connectivity index (χ1) is 8.15. The molecule has 0 atom stereocenters. The van der Waals surface area contributed by atoms with E-state index in [-0.39, 0.29) is 11.5 Å². The highest BCUT2D eigenvalue weighted by molar-refractivity contribution is 6.04. The molecule has 3 N–H and O–H groups in total. The molecule has 1 aromatic heterocycles. The number of anilines is 2. The summed E-state index contributed by atoms with van der Waals surface area (Å²) in [4.78, 5) is 15.1. The van der Waals surface area contributed by atoms with Crippen LogP contribution >= 0.6 is 0 Å². The zero-order valence-electron chi connectivity index (χ0n) is 8.85. The number of rotatable bonds is 2. The Labute approximate surface area is 97.3 Å². The number of carbonyl (C=O) groups excluding carboxylic acids is 1. The van der Waals surface area contributed by atoms with E-state index in [1.54, 1.807) is 24.3 Å². The summed E-state index contributed by atoms with van der Waals surface area (Å²) in [6.07, 6.45) is 1.18. The van der Waals surface area contributed by atoms with Gasteiger partial charge in [0, 0.05) is 17.6 Å². The Morgan fingerprint density at radius 1 is 1.29 bits per heavy atom. The van der Waals surface area contributed by atoms with Gasteiger partial charge in [-0.15, -0.1) is 0 Å². The highest BCUT2D eigenvalue weighted by atomic mass is 19.1. The third-order valence-electron chi connectivity index (χ3n) is 2.13. The van der Waals surface area contributed by atoms with Crippen molar-refractivity contribution in [2.45, 2.75) is 0 Å². The lowest BCUT2D eigenvalue weighted by Gasteiger charge is -2.05. The predicted octanol–water partition coefficient (Wildman–Crippen LogP) is 2.06. The fraction of sp³-hybridized carbons (Fsp3) is 0.